The molecular weight excluding hydrogens is 164 g/mol. The standard InChI is InChI=1S/C11H22O2/c1-8(2)10-4-5-11(3,13)6-9(10)7-12/h8-10,12-13H,4-7H2,1-3H3. The fourth-order valence-electron chi connectivity index (χ4n) is 2.61. The van der Waals surface area contributed by atoms with Gasteiger partial charge < -0.3 is 10.2 Å². The molecule has 0 aromatic rings. The van der Waals surface area contributed by atoms with Gasteiger partial charge >= 0.3 is 0 Å². The Morgan fingerprint density at radius 2 is 2.08 bits per heavy atom. The molecule has 0 aromatic heterocycles. The summed E-state index contributed by atoms with van der Waals surface area (Å²) in [5.74, 6) is 1.50. The zero-order valence-electron chi connectivity index (χ0n) is 8.95. The van der Waals surface area contributed by atoms with Crippen molar-refractivity contribution >= 4 is 0 Å². The van der Waals surface area contributed by atoms with E-state index in [2.05, 4.69) is 13.8 Å². The van der Waals surface area contributed by atoms with Crippen LogP contribution in [-0.2, 0) is 0 Å². The molecule has 0 aliphatic heterocycles. The third kappa shape index (κ3) is 2.68. The monoisotopic (exact) mass is 186 g/mol. The van der Waals surface area contributed by atoms with Crippen LogP contribution in [0.15, 0.2) is 0 Å². The normalized spacial score (nSPS) is 41.1. The zero-order chi connectivity index (χ0) is 10.1. The van der Waals surface area contributed by atoms with Crippen molar-refractivity contribution in [2.24, 2.45) is 17.8 Å². The molecule has 3 unspecified atom stereocenters. The smallest absolute Gasteiger partial charge is 0.0623 e. The average molecular weight is 186 g/mol. The second-order valence-corrected chi connectivity index (χ2v) is 5.09. The highest BCUT2D eigenvalue weighted by Gasteiger charge is 2.36. The average Bonchev–Trinajstić information content (AvgIpc) is 2.01. The lowest BCUT2D eigenvalue weighted by atomic mass is 9.69. The fourth-order valence-corrected chi connectivity index (χ4v) is 2.61. The third-order valence-electron chi connectivity index (χ3n) is 3.41. The minimum Gasteiger partial charge on any atom is -0.396 e. The Morgan fingerprint density at radius 3 is 2.54 bits per heavy atom. The number of hydrogen-bond donors (Lipinski definition) is 2. The Hall–Kier alpha value is -0.0800. The summed E-state index contributed by atoms with van der Waals surface area (Å²) >= 11 is 0. The Morgan fingerprint density at radius 1 is 1.46 bits per heavy atom. The van der Waals surface area contributed by atoms with Gasteiger partial charge in [0.25, 0.3) is 0 Å². The van der Waals surface area contributed by atoms with Gasteiger partial charge in [0.15, 0.2) is 0 Å². The summed E-state index contributed by atoms with van der Waals surface area (Å²) in [7, 11) is 0. The van der Waals surface area contributed by atoms with Gasteiger partial charge in [-0.05, 0) is 43.9 Å². The molecule has 0 spiro atoms. The summed E-state index contributed by atoms with van der Waals surface area (Å²) in [4.78, 5) is 0. The van der Waals surface area contributed by atoms with Crippen molar-refractivity contribution in [3.63, 3.8) is 0 Å². The molecule has 0 heterocycles. The van der Waals surface area contributed by atoms with Gasteiger partial charge in [-0.3, -0.25) is 0 Å². The van der Waals surface area contributed by atoms with Crippen LogP contribution in [0.25, 0.3) is 0 Å². The molecule has 0 saturated heterocycles. The van der Waals surface area contributed by atoms with Crippen LogP contribution in [0.5, 0.6) is 0 Å². The van der Waals surface area contributed by atoms with E-state index in [1.165, 1.54) is 0 Å². The van der Waals surface area contributed by atoms with E-state index in [4.69, 9.17) is 0 Å². The summed E-state index contributed by atoms with van der Waals surface area (Å²) in [6, 6.07) is 0. The maximum absolute atomic E-state index is 9.86. The maximum atomic E-state index is 9.86. The van der Waals surface area contributed by atoms with Gasteiger partial charge in [0.1, 0.15) is 0 Å². The van der Waals surface area contributed by atoms with E-state index in [0.717, 1.165) is 19.3 Å². The van der Waals surface area contributed by atoms with Crippen LogP contribution in [0.4, 0.5) is 0 Å². The van der Waals surface area contributed by atoms with Crippen LogP contribution in [0.3, 0.4) is 0 Å². The van der Waals surface area contributed by atoms with Crippen molar-refractivity contribution in [1.82, 2.24) is 0 Å². The van der Waals surface area contributed by atoms with E-state index in [1.54, 1.807) is 0 Å². The predicted molar refractivity (Wildman–Crippen MR) is 53.4 cm³/mol. The molecule has 1 rings (SSSR count). The fraction of sp³-hybridized carbons (Fsp3) is 1.00. The Kier molecular flexibility index (Phi) is 3.36. The molecule has 1 aliphatic carbocycles. The summed E-state index contributed by atoms with van der Waals surface area (Å²) in [6.45, 7) is 6.51. The van der Waals surface area contributed by atoms with Gasteiger partial charge in [-0.2, -0.15) is 0 Å². The molecule has 2 N–H and O–H groups in total. The van der Waals surface area contributed by atoms with Crippen molar-refractivity contribution in [2.75, 3.05) is 6.61 Å². The molecule has 2 heteroatoms. The first-order valence-electron chi connectivity index (χ1n) is 5.29. The molecule has 1 aliphatic rings. The first-order valence-corrected chi connectivity index (χ1v) is 5.29. The first-order chi connectivity index (χ1) is 5.96. The molecule has 2 nitrogen and oxygen atoms in total. The van der Waals surface area contributed by atoms with Gasteiger partial charge in [-0.1, -0.05) is 13.8 Å². The Balaban J connectivity index is 2.61. The second kappa shape index (κ2) is 3.97. The van der Waals surface area contributed by atoms with Crippen LogP contribution in [0.2, 0.25) is 0 Å². The summed E-state index contributed by atoms with van der Waals surface area (Å²) in [5.41, 5.74) is -0.543. The lowest BCUT2D eigenvalue weighted by molar-refractivity contribution is -0.0429. The largest absolute Gasteiger partial charge is 0.396 e. The van der Waals surface area contributed by atoms with Crippen LogP contribution in [-0.4, -0.2) is 22.4 Å². The lowest BCUT2D eigenvalue weighted by Gasteiger charge is -2.40. The number of rotatable bonds is 2. The quantitative estimate of drug-likeness (QED) is 0.690. The van der Waals surface area contributed by atoms with E-state index in [0.29, 0.717) is 17.8 Å². The van der Waals surface area contributed by atoms with E-state index < -0.39 is 5.60 Å². The molecule has 0 amide bonds. The zero-order valence-corrected chi connectivity index (χ0v) is 8.95. The Labute approximate surface area is 81.0 Å². The van der Waals surface area contributed by atoms with E-state index in [1.807, 2.05) is 6.92 Å². The molecule has 3 atom stereocenters. The van der Waals surface area contributed by atoms with Crippen molar-refractivity contribution in [1.29, 1.82) is 0 Å². The molecule has 0 radical (unpaired) electrons. The SMILES string of the molecule is CC(C)C1CCC(C)(O)CC1CO. The van der Waals surface area contributed by atoms with Gasteiger partial charge in [0.2, 0.25) is 0 Å². The molecule has 78 valence electrons. The molecule has 1 fully saturated rings. The van der Waals surface area contributed by atoms with Crippen LogP contribution < -0.4 is 0 Å². The molecule has 13 heavy (non-hydrogen) atoms. The first kappa shape index (κ1) is 11.0. The van der Waals surface area contributed by atoms with Crippen molar-refractivity contribution in [3.05, 3.63) is 0 Å². The lowest BCUT2D eigenvalue weighted by Crippen LogP contribution is -2.39. The number of aliphatic hydroxyl groups is 2. The predicted octanol–water partition coefficient (Wildman–Crippen LogP) is 1.80. The second-order valence-electron chi connectivity index (χ2n) is 5.09. The molecule has 0 aromatic carbocycles. The maximum Gasteiger partial charge on any atom is 0.0623 e. The van der Waals surface area contributed by atoms with Gasteiger partial charge in [-0.25, -0.2) is 0 Å². The minimum atomic E-state index is -0.543. The summed E-state index contributed by atoms with van der Waals surface area (Å²) in [5, 5.41) is 19.1. The highest BCUT2D eigenvalue weighted by atomic mass is 16.3. The number of hydrogen-bond acceptors (Lipinski definition) is 2. The molecular formula is C11H22O2. The van der Waals surface area contributed by atoms with E-state index in [9.17, 15) is 10.2 Å². The van der Waals surface area contributed by atoms with Gasteiger partial charge in [0, 0.05) is 6.61 Å². The Bertz CT molecular complexity index is 163. The van der Waals surface area contributed by atoms with Gasteiger partial charge in [-0.15, -0.1) is 0 Å². The van der Waals surface area contributed by atoms with E-state index in [-0.39, 0.29) is 6.61 Å². The topological polar surface area (TPSA) is 40.5 Å². The van der Waals surface area contributed by atoms with Crippen molar-refractivity contribution in [2.45, 2.75) is 45.6 Å². The van der Waals surface area contributed by atoms with Crippen LogP contribution >= 0.6 is 0 Å². The van der Waals surface area contributed by atoms with Crippen LogP contribution in [0.1, 0.15) is 40.0 Å². The highest BCUT2D eigenvalue weighted by molar-refractivity contribution is 4.88. The van der Waals surface area contributed by atoms with Crippen molar-refractivity contribution < 1.29 is 10.2 Å². The van der Waals surface area contributed by atoms with Crippen molar-refractivity contribution in [3.8, 4) is 0 Å². The number of aliphatic hydroxyl groups excluding tert-OH is 1. The molecule has 1 saturated carbocycles. The third-order valence-corrected chi connectivity index (χ3v) is 3.41. The minimum absolute atomic E-state index is 0.221. The van der Waals surface area contributed by atoms with E-state index >= 15 is 0 Å². The summed E-state index contributed by atoms with van der Waals surface area (Å²) in [6.07, 6.45) is 2.69. The van der Waals surface area contributed by atoms with Crippen LogP contribution in [0, 0.1) is 17.8 Å². The highest BCUT2D eigenvalue weighted by Crippen LogP contribution is 2.39. The van der Waals surface area contributed by atoms with Gasteiger partial charge in [0.05, 0.1) is 5.60 Å². The molecule has 0 bridgehead atoms. The summed E-state index contributed by atoms with van der Waals surface area (Å²) < 4.78 is 0.